The van der Waals surface area contributed by atoms with Gasteiger partial charge in [0.05, 0.1) is 0 Å². The smallest absolute Gasteiger partial charge is 0.0184 e. The van der Waals surface area contributed by atoms with Crippen molar-refractivity contribution in [3.63, 3.8) is 0 Å². The van der Waals surface area contributed by atoms with Gasteiger partial charge < -0.3 is 0 Å². The summed E-state index contributed by atoms with van der Waals surface area (Å²) in [6, 6.07) is 0. The molecule has 0 atom stereocenters. The maximum absolute atomic E-state index is 2.12. The highest BCUT2D eigenvalue weighted by molar-refractivity contribution is 8.76. The van der Waals surface area contributed by atoms with Gasteiger partial charge in [-0.15, -0.1) is 10.4 Å². The Hall–Kier alpha value is 0.310. The van der Waals surface area contributed by atoms with Crippen LogP contribution in [0.4, 0.5) is 0 Å². The fourth-order valence-electron chi connectivity index (χ4n) is 0.176. The van der Waals surface area contributed by atoms with Crippen LogP contribution in [0, 0.1) is 0 Å². The molecule has 5 heavy (non-hydrogen) atoms. The van der Waals surface area contributed by atoms with E-state index in [1.165, 1.54) is 10.4 Å². The minimum atomic E-state index is 1.37. The van der Waals surface area contributed by atoms with Gasteiger partial charge >= 0.3 is 0 Å². The van der Waals surface area contributed by atoms with E-state index >= 15 is 0 Å². The molecule has 1 heterocycles. The van der Waals surface area contributed by atoms with Crippen LogP contribution in [-0.2, 0) is 0 Å². The van der Waals surface area contributed by atoms with Gasteiger partial charge in [0.15, 0.2) is 0 Å². The lowest BCUT2D eigenvalue weighted by Gasteiger charge is -1.59. The van der Waals surface area contributed by atoms with Crippen molar-refractivity contribution in [1.82, 2.24) is 0 Å². The average molecular weight is 104 g/mol. The van der Waals surface area contributed by atoms with E-state index < -0.39 is 0 Å². The Bertz CT molecular complexity index is 63.0. The van der Waals surface area contributed by atoms with Gasteiger partial charge in [-0.25, -0.2) is 0 Å². The van der Waals surface area contributed by atoms with Gasteiger partial charge in [-0.05, 0) is 16.9 Å². The fourth-order valence-corrected chi connectivity index (χ4v) is 1.58. The fraction of sp³-hybridized carbons (Fsp3) is 0. The van der Waals surface area contributed by atoms with Crippen molar-refractivity contribution in [1.29, 1.82) is 0 Å². The molecular weight excluding hydrogens is 100 g/mol. The van der Waals surface area contributed by atoms with Crippen molar-refractivity contribution < 1.29 is 0 Å². The predicted octanol–water partition coefficient (Wildman–Crippen LogP) is 1.43. The molecule has 0 bridgehead atoms. The van der Waals surface area contributed by atoms with E-state index in [2.05, 4.69) is 16.9 Å². The van der Waals surface area contributed by atoms with Gasteiger partial charge in [-0.1, -0.05) is 10.8 Å². The molecule has 0 aromatic rings. The zero-order valence-corrected chi connectivity index (χ0v) is 4.30. The molecule has 1 rings (SSSR count). The standard InChI is InChI=1S/C3H4S2/c1-2-4-5-3-1/h1-4H. The summed E-state index contributed by atoms with van der Waals surface area (Å²) in [5.74, 6) is 0. The van der Waals surface area contributed by atoms with Crippen molar-refractivity contribution in [2.45, 2.75) is 0 Å². The van der Waals surface area contributed by atoms with Gasteiger partial charge in [0.1, 0.15) is 0 Å². The van der Waals surface area contributed by atoms with Crippen molar-refractivity contribution in [3.8, 4) is 0 Å². The molecule has 1 aliphatic heterocycles. The molecule has 0 radical (unpaired) electrons. The maximum Gasteiger partial charge on any atom is -0.0184 e. The van der Waals surface area contributed by atoms with Crippen LogP contribution in [0.2, 0.25) is 0 Å². The third-order valence-electron chi connectivity index (χ3n) is 0.347. The van der Waals surface area contributed by atoms with Crippen LogP contribution in [0.5, 0.6) is 0 Å². The average Bonchev–Trinajstić information content (AvgIpc) is 1.76. The summed E-state index contributed by atoms with van der Waals surface area (Å²) in [4.78, 5) is 0. The minimum absolute atomic E-state index is 1.37. The van der Waals surface area contributed by atoms with E-state index in [1.54, 1.807) is 0 Å². The molecular formula is C3H4S2. The number of hydrogen-bond donors (Lipinski definition) is 1. The van der Waals surface area contributed by atoms with Gasteiger partial charge in [-0.3, -0.25) is 0 Å². The predicted molar refractivity (Wildman–Crippen MR) is 31.8 cm³/mol. The minimum Gasteiger partial charge on any atom is -0.138 e. The number of hydrogen-bond acceptors (Lipinski definition) is 1. The van der Waals surface area contributed by atoms with Crippen molar-refractivity contribution in [2.75, 3.05) is 0 Å². The molecule has 0 spiro atoms. The van der Waals surface area contributed by atoms with Crippen LogP contribution in [0.15, 0.2) is 11.5 Å². The van der Waals surface area contributed by atoms with E-state index in [0.717, 1.165) is 0 Å². The lowest BCUT2D eigenvalue weighted by Crippen LogP contribution is -1.37. The van der Waals surface area contributed by atoms with E-state index in [4.69, 9.17) is 0 Å². The Balaban J connectivity index is 2.61. The van der Waals surface area contributed by atoms with Crippen LogP contribution in [0.1, 0.15) is 0 Å². The summed E-state index contributed by atoms with van der Waals surface area (Å²) in [6.07, 6.45) is 2.06. The second-order valence-electron chi connectivity index (χ2n) is 0.688. The van der Waals surface area contributed by atoms with Crippen molar-refractivity contribution in [2.24, 2.45) is 0 Å². The molecule has 0 unspecified atom stereocenters. The summed E-state index contributed by atoms with van der Waals surface area (Å²) in [7, 11) is 3.18. The Morgan fingerprint density at radius 2 is 2.60 bits per heavy atom. The topological polar surface area (TPSA) is 0 Å². The first-order chi connectivity index (χ1) is 2.50. The van der Waals surface area contributed by atoms with Gasteiger partial charge in [0, 0.05) is 0 Å². The Morgan fingerprint density at radius 3 is 2.80 bits per heavy atom. The van der Waals surface area contributed by atoms with E-state index in [-0.39, 0.29) is 0 Å². The van der Waals surface area contributed by atoms with Crippen LogP contribution in [0.3, 0.4) is 0 Å². The van der Waals surface area contributed by atoms with E-state index in [9.17, 15) is 0 Å². The molecule has 28 valence electrons. The molecule has 1 aliphatic rings. The van der Waals surface area contributed by atoms with Gasteiger partial charge in [-0.2, -0.15) is 0 Å². The first-order valence-corrected chi connectivity index (χ1v) is 3.79. The van der Waals surface area contributed by atoms with E-state index in [1.807, 2.05) is 10.8 Å². The van der Waals surface area contributed by atoms with Crippen LogP contribution in [-0.4, -0.2) is 5.37 Å². The third-order valence-corrected chi connectivity index (χ3v) is 2.14. The van der Waals surface area contributed by atoms with Gasteiger partial charge in [0.25, 0.3) is 0 Å². The zero-order chi connectivity index (χ0) is 3.54. The molecule has 2 heteroatoms. The summed E-state index contributed by atoms with van der Waals surface area (Å²) in [5.41, 5.74) is 0. The molecule has 0 saturated heterocycles. The lowest BCUT2D eigenvalue weighted by atomic mass is 10.8. The molecule has 0 N–H and O–H groups in total. The monoisotopic (exact) mass is 104 g/mol. The highest BCUT2D eigenvalue weighted by Gasteiger charge is 1.71. The molecule has 0 saturated carbocycles. The van der Waals surface area contributed by atoms with Crippen LogP contribution >= 0.6 is 21.2 Å². The number of allylic oxidation sites excluding steroid dienone is 1. The maximum atomic E-state index is 2.12. The molecule has 0 fully saturated rings. The van der Waals surface area contributed by atoms with Crippen LogP contribution < -0.4 is 0 Å². The first kappa shape index (κ1) is 3.50. The summed E-state index contributed by atoms with van der Waals surface area (Å²) in [5, 5.41) is 4.20. The normalized spacial score (nSPS) is 19.2. The Labute approximate surface area is 38.6 Å². The molecule has 0 aromatic heterocycles. The lowest BCUT2D eigenvalue weighted by molar-refractivity contribution is 2.50. The highest BCUT2D eigenvalue weighted by Crippen LogP contribution is 2.17. The van der Waals surface area contributed by atoms with Crippen molar-refractivity contribution >= 4 is 26.5 Å². The number of thiol groups is 1. The van der Waals surface area contributed by atoms with E-state index in [0.29, 0.717) is 0 Å². The largest absolute Gasteiger partial charge is 0.138 e. The zero-order valence-electron chi connectivity index (χ0n) is 2.59. The third kappa shape index (κ3) is 0.816. The molecule has 0 aliphatic carbocycles. The SMILES string of the molecule is C1=CS[SH]=C1. The summed E-state index contributed by atoms with van der Waals surface area (Å²) >= 11 is 0. The Morgan fingerprint density at radius 1 is 1.60 bits per heavy atom. The number of rotatable bonds is 0. The molecule has 0 aromatic carbocycles. The molecule has 0 nitrogen and oxygen atoms in total. The molecule has 0 amide bonds. The van der Waals surface area contributed by atoms with Crippen molar-refractivity contribution in [3.05, 3.63) is 11.5 Å². The quantitative estimate of drug-likeness (QED) is 0.275. The highest BCUT2D eigenvalue weighted by atomic mass is 33.1. The second-order valence-corrected chi connectivity index (χ2v) is 2.95. The summed E-state index contributed by atoms with van der Waals surface area (Å²) < 4.78 is 0. The second kappa shape index (κ2) is 1.67. The summed E-state index contributed by atoms with van der Waals surface area (Å²) in [6.45, 7) is 0. The first-order valence-electron chi connectivity index (χ1n) is 1.34. The van der Waals surface area contributed by atoms with Gasteiger partial charge in [0.2, 0.25) is 0 Å². The Kier molecular flexibility index (Phi) is 1.17. The van der Waals surface area contributed by atoms with Crippen LogP contribution in [0.25, 0.3) is 0 Å².